The summed E-state index contributed by atoms with van der Waals surface area (Å²) >= 11 is 0. The van der Waals surface area contributed by atoms with Gasteiger partial charge in [0.15, 0.2) is 0 Å². The Bertz CT molecular complexity index is 191. The third-order valence-electron chi connectivity index (χ3n) is 3.74. The molecule has 1 saturated heterocycles. The highest BCUT2D eigenvalue weighted by Gasteiger charge is 2.31. The first-order valence-corrected chi connectivity index (χ1v) is 5.85. The maximum Gasteiger partial charge on any atom is 0.0196 e. The topological polar surface area (TPSA) is 32.5 Å². The molecule has 2 aliphatic rings. The summed E-state index contributed by atoms with van der Waals surface area (Å²) in [6.07, 6.45) is 2.73. The Kier molecular flexibility index (Phi) is 3.10. The van der Waals surface area contributed by atoms with Gasteiger partial charge < -0.3 is 10.6 Å². The number of piperazine rings is 1. The van der Waals surface area contributed by atoms with E-state index in [4.69, 9.17) is 5.73 Å². The molecule has 2 rings (SSSR count). The summed E-state index contributed by atoms with van der Waals surface area (Å²) in [6, 6.07) is 1.13. The van der Waals surface area contributed by atoms with Crippen molar-refractivity contribution in [2.45, 2.75) is 31.8 Å². The lowest BCUT2D eigenvalue weighted by Crippen LogP contribution is -2.53. The van der Waals surface area contributed by atoms with Gasteiger partial charge in [0.05, 0.1) is 0 Å². The van der Waals surface area contributed by atoms with Gasteiger partial charge in [0, 0.05) is 38.3 Å². The lowest BCUT2D eigenvalue weighted by Gasteiger charge is -2.38. The summed E-state index contributed by atoms with van der Waals surface area (Å²) in [5.74, 6) is 0.838. The number of hydrogen-bond donors (Lipinski definition) is 1. The van der Waals surface area contributed by atoms with Crippen LogP contribution in [0.2, 0.25) is 0 Å². The molecule has 0 aromatic heterocycles. The summed E-state index contributed by atoms with van der Waals surface area (Å²) < 4.78 is 0. The van der Waals surface area contributed by atoms with Gasteiger partial charge in [-0.15, -0.1) is 0 Å². The van der Waals surface area contributed by atoms with Crippen LogP contribution in [0, 0.1) is 5.92 Å². The van der Waals surface area contributed by atoms with E-state index in [1.54, 1.807) is 0 Å². The lowest BCUT2D eigenvalue weighted by molar-refractivity contribution is 0.0986. The van der Waals surface area contributed by atoms with Gasteiger partial charge in [-0.3, -0.25) is 4.90 Å². The molecule has 1 aliphatic heterocycles. The zero-order valence-corrected chi connectivity index (χ0v) is 9.45. The van der Waals surface area contributed by atoms with Crippen LogP contribution in [-0.4, -0.2) is 55.1 Å². The standard InChI is InChI=1S/C11H23N3/c1-9-7-14(6-5-13(9)2)8-11(12)10-3-4-10/h9-11H,3-8,12H2,1-2H3. The SMILES string of the molecule is CC1CN(CC(N)C2CC2)CCN1C. The number of likely N-dealkylation sites (N-methyl/N-ethyl adjacent to an activating group) is 1. The highest BCUT2D eigenvalue weighted by Crippen LogP contribution is 2.31. The first kappa shape index (κ1) is 10.4. The third-order valence-corrected chi connectivity index (χ3v) is 3.74. The van der Waals surface area contributed by atoms with Crippen molar-refractivity contribution in [1.29, 1.82) is 0 Å². The monoisotopic (exact) mass is 197 g/mol. The molecule has 82 valence electrons. The van der Waals surface area contributed by atoms with Gasteiger partial charge in [-0.05, 0) is 32.7 Å². The Morgan fingerprint density at radius 3 is 2.64 bits per heavy atom. The van der Waals surface area contributed by atoms with Gasteiger partial charge in [-0.2, -0.15) is 0 Å². The highest BCUT2D eigenvalue weighted by molar-refractivity contribution is 4.88. The van der Waals surface area contributed by atoms with E-state index in [-0.39, 0.29) is 0 Å². The van der Waals surface area contributed by atoms with Gasteiger partial charge in [0.2, 0.25) is 0 Å². The van der Waals surface area contributed by atoms with E-state index in [1.807, 2.05) is 0 Å². The zero-order valence-electron chi connectivity index (χ0n) is 9.45. The number of nitrogens with two attached hydrogens (primary N) is 1. The van der Waals surface area contributed by atoms with Crippen molar-refractivity contribution in [2.75, 3.05) is 33.2 Å². The van der Waals surface area contributed by atoms with Crippen LogP contribution in [-0.2, 0) is 0 Å². The number of rotatable bonds is 3. The molecular weight excluding hydrogens is 174 g/mol. The maximum absolute atomic E-state index is 6.13. The molecule has 0 radical (unpaired) electrons. The first-order chi connectivity index (χ1) is 6.66. The number of nitrogens with zero attached hydrogens (tertiary/aromatic N) is 2. The average Bonchev–Trinajstić information content (AvgIpc) is 2.94. The summed E-state index contributed by atoms with van der Waals surface area (Å²) in [5, 5.41) is 0. The van der Waals surface area contributed by atoms with E-state index in [0.29, 0.717) is 12.1 Å². The molecule has 2 fully saturated rings. The van der Waals surface area contributed by atoms with Crippen molar-refractivity contribution in [2.24, 2.45) is 11.7 Å². The van der Waals surface area contributed by atoms with Crippen LogP contribution in [0.5, 0.6) is 0 Å². The van der Waals surface area contributed by atoms with Crippen LogP contribution in [0.15, 0.2) is 0 Å². The molecule has 3 heteroatoms. The zero-order chi connectivity index (χ0) is 10.1. The van der Waals surface area contributed by atoms with Crippen LogP contribution in [0.4, 0.5) is 0 Å². The van der Waals surface area contributed by atoms with Crippen molar-refractivity contribution < 1.29 is 0 Å². The summed E-state index contributed by atoms with van der Waals surface area (Å²) in [5.41, 5.74) is 6.13. The van der Waals surface area contributed by atoms with Crippen LogP contribution < -0.4 is 5.73 Å². The van der Waals surface area contributed by atoms with E-state index in [1.165, 1.54) is 32.5 Å². The Morgan fingerprint density at radius 2 is 2.07 bits per heavy atom. The van der Waals surface area contributed by atoms with Gasteiger partial charge in [0.25, 0.3) is 0 Å². The molecular formula is C11H23N3. The van der Waals surface area contributed by atoms with Crippen molar-refractivity contribution in [3.63, 3.8) is 0 Å². The molecule has 14 heavy (non-hydrogen) atoms. The third kappa shape index (κ3) is 2.47. The minimum absolute atomic E-state index is 0.436. The molecule has 0 aromatic rings. The van der Waals surface area contributed by atoms with Crippen LogP contribution >= 0.6 is 0 Å². The van der Waals surface area contributed by atoms with E-state index in [9.17, 15) is 0 Å². The Hall–Kier alpha value is -0.120. The number of hydrogen-bond acceptors (Lipinski definition) is 3. The van der Waals surface area contributed by atoms with Crippen LogP contribution in [0.3, 0.4) is 0 Å². The van der Waals surface area contributed by atoms with Crippen LogP contribution in [0.25, 0.3) is 0 Å². The van der Waals surface area contributed by atoms with Gasteiger partial charge in [0.1, 0.15) is 0 Å². The van der Waals surface area contributed by atoms with E-state index in [0.717, 1.165) is 12.5 Å². The molecule has 1 saturated carbocycles. The van der Waals surface area contributed by atoms with E-state index < -0.39 is 0 Å². The Balaban J connectivity index is 1.75. The predicted molar refractivity (Wildman–Crippen MR) is 59.2 cm³/mol. The van der Waals surface area contributed by atoms with Crippen molar-refractivity contribution in [3.05, 3.63) is 0 Å². The van der Waals surface area contributed by atoms with Crippen molar-refractivity contribution in [3.8, 4) is 0 Å². The summed E-state index contributed by atoms with van der Waals surface area (Å²) in [6.45, 7) is 6.99. The Labute approximate surface area is 87.2 Å². The smallest absolute Gasteiger partial charge is 0.0196 e. The summed E-state index contributed by atoms with van der Waals surface area (Å²) in [4.78, 5) is 4.97. The van der Waals surface area contributed by atoms with Gasteiger partial charge >= 0.3 is 0 Å². The fourth-order valence-corrected chi connectivity index (χ4v) is 2.26. The van der Waals surface area contributed by atoms with Crippen LogP contribution in [0.1, 0.15) is 19.8 Å². The van der Waals surface area contributed by atoms with Crippen molar-refractivity contribution in [1.82, 2.24) is 9.80 Å². The molecule has 0 aromatic carbocycles. The fourth-order valence-electron chi connectivity index (χ4n) is 2.26. The normalized spacial score (nSPS) is 33.2. The van der Waals surface area contributed by atoms with Gasteiger partial charge in [-0.1, -0.05) is 0 Å². The molecule has 0 bridgehead atoms. The largest absolute Gasteiger partial charge is 0.326 e. The Morgan fingerprint density at radius 1 is 1.36 bits per heavy atom. The minimum Gasteiger partial charge on any atom is -0.326 e. The minimum atomic E-state index is 0.436. The molecule has 1 aliphatic carbocycles. The maximum atomic E-state index is 6.13. The average molecular weight is 197 g/mol. The second kappa shape index (κ2) is 4.17. The second-order valence-corrected chi connectivity index (χ2v) is 5.09. The molecule has 2 atom stereocenters. The highest BCUT2D eigenvalue weighted by atomic mass is 15.3. The fraction of sp³-hybridized carbons (Fsp3) is 1.00. The molecule has 2 unspecified atom stereocenters. The lowest BCUT2D eigenvalue weighted by atomic mass is 10.1. The van der Waals surface area contributed by atoms with E-state index >= 15 is 0 Å². The molecule has 0 spiro atoms. The first-order valence-electron chi connectivity index (χ1n) is 5.85. The predicted octanol–water partition coefficient (Wildman–Crippen LogP) is 0.360. The molecule has 2 N–H and O–H groups in total. The molecule has 0 amide bonds. The quantitative estimate of drug-likeness (QED) is 0.709. The van der Waals surface area contributed by atoms with E-state index in [2.05, 4.69) is 23.8 Å². The van der Waals surface area contributed by atoms with Gasteiger partial charge in [-0.25, -0.2) is 0 Å². The molecule has 3 nitrogen and oxygen atoms in total. The second-order valence-electron chi connectivity index (χ2n) is 5.09. The van der Waals surface area contributed by atoms with Crippen molar-refractivity contribution >= 4 is 0 Å². The molecule has 1 heterocycles. The summed E-state index contributed by atoms with van der Waals surface area (Å²) in [7, 11) is 2.21.